The highest BCUT2D eigenvalue weighted by atomic mass is 16.4. The number of furan rings is 1. The molecule has 0 saturated heterocycles. The smallest absolute Gasteiger partial charge is 0.134 e. The monoisotopic (exact) mass is 177 g/mol. The summed E-state index contributed by atoms with van der Waals surface area (Å²) in [6.07, 6.45) is 0. The first-order valence-corrected chi connectivity index (χ1v) is 4.16. The molecule has 0 radical (unpaired) electrons. The van der Waals surface area contributed by atoms with E-state index >= 15 is 0 Å². The minimum Gasteiger partial charge on any atom is -0.459 e. The van der Waals surface area contributed by atoms with Gasteiger partial charge in [-0.3, -0.25) is 0 Å². The molecule has 0 aliphatic heterocycles. The van der Waals surface area contributed by atoms with Crippen LogP contribution >= 0.6 is 0 Å². The lowest BCUT2D eigenvalue weighted by molar-refractivity contribution is 0.251. The fourth-order valence-electron chi connectivity index (χ4n) is 1.43. The largest absolute Gasteiger partial charge is 0.459 e. The summed E-state index contributed by atoms with van der Waals surface area (Å²) in [7, 11) is 0. The van der Waals surface area contributed by atoms with Gasteiger partial charge < -0.3 is 15.3 Å². The van der Waals surface area contributed by atoms with Crippen LogP contribution in [-0.2, 0) is 13.2 Å². The van der Waals surface area contributed by atoms with Crippen LogP contribution in [0.2, 0.25) is 0 Å². The summed E-state index contributed by atoms with van der Waals surface area (Å²) in [5, 5.41) is 9.87. The van der Waals surface area contributed by atoms with Crippen molar-refractivity contribution in [2.24, 2.45) is 5.73 Å². The van der Waals surface area contributed by atoms with Gasteiger partial charge in [0.25, 0.3) is 0 Å². The molecule has 3 nitrogen and oxygen atoms in total. The van der Waals surface area contributed by atoms with Crippen LogP contribution in [-0.4, -0.2) is 5.11 Å². The summed E-state index contributed by atoms with van der Waals surface area (Å²) in [4.78, 5) is 0. The van der Waals surface area contributed by atoms with Crippen molar-refractivity contribution in [2.75, 3.05) is 0 Å². The maximum atomic E-state index is 8.88. The summed E-state index contributed by atoms with van der Waals surface area (Å²) in [6, 6.07) is 7.55. The minimum atomic E-state index is -0.0707. The molecular formula is C10H11NO2. The molecule has 0 aliphatic carbocycles. The standard InChI is InChI=1S/C10H11NO2/c11-5-7-2-1-3-10-9(7)4-8(6-12)13-10/h1-4,12H,5-6,11H2. The van der Waals surface area contributed by atoms with E-state index in [1.807, 2.05) is 24.3 Å². The Balaban J connectivity index is 2.67. The number of aliphatic hydroxyl groups is 1. The quantitative estimate of drug-likeness (QED) is 0.728. The van der Waals surface area contributed by atoms with Crippen molar-refractivity contribution in [3.63, 3.8) is 0 Å². The van der Waals surface area contributed by atoms with E-state index in [1.165, 1.54) is 0 Å². The lowest BCUT2D eigenvalue weighted by Gasteiger charge is -1.95. The lowest BCUT2D eigenvalue weighted by Crippen LogP contribution is -1.95. The molecule has 0 atom stereocenters. The van der Waals surface area contributed by atoms with Gasteiger partial charge in [-0.1, -0.05) is 12.1 Å². The molecule has 1 aromatic heterocycles. The number of nitrogens with two attached hydrogens (primary N) is 1. The molecule has 0 spiro atoms. The van der Waals surface area contributed by atoms with Crippen LogP contribution in [0.15, 0.2) is 28.7 Å². The third kappa shape index (κ3) is 1.32. The first-order valence-electron chi connectivity index (χ1n) is 4.16. The molecule has 1 heterocycles. The van der Waals surface area contributed by atoms with Gasteiger partial charge in [-0.25, -0.2) is 0 Å². The maximum absolute atomic E-state index is 8.88. The average molecular weight is 177 g/mol. The second-order valence-electron chi connectivity index (χ2n) is 2.90. The zero-order valence-corrected chi connectivity index (χ0v) is 7.16. The number of benzene rings is 1. The Morgan fingerprint density at radius 1 is 1.38 bits per heavy atom. The Kier molecular flexibility index (Phi) is 2.04. The van der Waals surface area contributed by atoms with Gasteiger partial charge in [-0.05, 0) is 17.7 Å². The highest BCUT2D eigenvalue weighted by molar-refractivity contribution is 5.81. The van der Waals surface area contributed by atoms with Gasteiger partial charge in [-0.2, -0.15) is 0 Å². The van der Waals surface area contributed by atoms with Crippen LogP contribution in [0.4, 0.5) is 0 Å². The van der Waals surface area contributed by atoms with E-state index in [0.717, 1.165) is 16.5 Å². The second kappa shape index (κ2) is 3.20. The first kappa shape index (κ1) is 8.29. The van der Waals surface area contributed by atoms with Gasteiger partial charge >= 0.3 is 0 Å². The number of rotatable bonds is 2. The van der Waals surface area contributed by atoms with Crippen molar-refractivity contribution in [3.8, 4) is 0 Å². The SMILES string of the molecule is NCc1cccc2oc(CO)cc12. The molecule has 2 rings (SSSR count). The molecule has 68 valence electrons. The number of aliphatic hydroxyl groups excluding tert-OH is 1. The van der Waals surface area contributed by atoms with E-state index in [1.54, 1.807) is 0 Å². The molecule has 0 bridgehead atoms. The van der Waals surface area contributed by atoms with Crippen LogP contribution in [0, 0.1) is 0 Å². The van der Waals surface area contributed by atoms with Gasteiger partial charge in [-0.15, -0.1) is 0 Å². The summed E-state index contributed by atoms with van der Waals surface area (Å²) in [5.74, 6) is 0.580. The number of fused-ring (bicyclic) bond motifs is 1. The Labute approximate surface area is 75.8 Å². The summed E-state index contributed by atoms with van der Waals surface area (Å²) >= 11 is 0. The molecule has 0 amide bonds. The first-order chi connectivity index (χ1) is 6.35. The van der Waals surface area contributed by atoms with Crippen LogP contribution in [0.1, 0.15) is 11.3 Å². The second-order valence-corrected chi connectivity index (χ2v) is 2.90. The third-order valence-electron chi connectivity index (χ3n) is 2.08. The fourth-order valence-corrected chi connectivity index (χ4v) is 1.43. The molecule has 0 aliphatic rings. The van der Waals surface area contributed by atoms with Crippen molar-refractivity contribution in [2.45, 2.75) is 13.2 Å². The average Bonchev–Trinajstić information content (AvgIpc) is 2.59. The van der Waals surface area contributed by atoms with E-state index in [4.69, 9.17) is 15.3 Å². The van der Waals surface area contributed by atoms with E-state index < -0.39 is 0 Å². The Hall–Kier alpha value is -1.32. The number of hydrogen-bond acceptors (Lipinski definition) is 3. The molecule has 0 fully saturated rings. The lowest BCUT2D eigenvalue weighted by atomic mass is 10.1. The van der Waals surface area contributed by atoms with Gasteiger partial charge in [0.1, 0.15) is 18.0 Å². The summed E-state index contributed by atoms with van der Waals surface area (Å²) in [5.41, 5.74) is 7.39. The van der Waals surface area contributed by atoms with E-state index in [-0.39, 0.29) is 6.61 Å². The molecule has 3 heteroatoms. The molecular weight excluding hydrogens is 166 g/mol. The number of hydrogen-bond donors (Lipinski definition) is 2. The normalized spacial score (nSPS) is 10.9. The van der Waals surface area contributed by atoms with Gasteiger partial charge in [0.15, 0.2) is 0 Å². The van der Waals surface area contributed by atoms with Crippen LogP contribution in [0.25, 0.3) is 11.0 Å². The van der Waals surface area contributed by atoms with Crippen molar-refractivity contribution < 1.29 is 9.52 Å². The molecule has 2 aromatic rings. The zero-order valence-electron chi connectivity index (χ0n) is 7.16. The van der Waals surface area contributed by atoms with Crippen LogP contribution in [0.3, 0.4) is 0 Å². The van der Waals surface area contributed by atoms with Crippen molar-refractivity contribution >= 4 is 11.0 Å². The molecule has 0 unspecified atom stereocenters. The van der Waals surface area contributed by atoms with Crippen molar-refractivity contribution in [3.05, 3.63) is 35.6 Å². The maximum Gasteiger partial charge on any atom is 0.134 e. The van der Waals surface area contributed by atoms with Crippen molar-refractivity contribution in [1.29, 1.82) is 0 Å². The predicted molar refractivity (Wildman–Crippen MR) is 50.0 cm³/mol. The Morgan fingerprint density at radius 2 is 2.23 bits per heavy atom. The van der Waals surface area contributed by atoms with E-state index in [9.17, 15) is 0 Å². The molecule has 13 heavy (non-hydrogen) atoms. The van der Waals surface area contributed by atoms with Gasteiger partial charge in [0.2, 0.25) is 0 Å². The minimum absolute atomic E-state index is 0.0707. The molecule has 3 N–H and O–H groups in total. The van der Waals surface area contributed by atoms with Crippen molar-refractivity contribution in [1.82, 2.24) is 0 Å². The summed E-state index contributed by atoms with van der Waals surface area (Å²) in [6.45, 7) is 0.417. The van der Waals surface area contributed by atoms with Crippen LogP contribution < -0.4 is 5.73 Å². The highest BCUT2D eigenvalue weighted by Gasteiger charge is 2.05. The van der Waals surface area contributed by atoms with E-state index in [0.29, 0.717) is 12.3 Å². The van der Waals surface area contributed by atoms with Crippen LogP contribution in [0.5, 0.6) is 0 Å². The van der Waals surface area contributed by atoms with E-state index in [2.05, 4.69) is 0 Å². The highest BCUT2D eigenvalue weighted by Crippen LogP contribution is 2.22. The predicted octanol–water partition coefficient (Wildman–Crippen LogP) is 1.38. The Morgan fingerprint density at radius 3 is 2.92 bits per heavy atom. The van der Waals surface area contributed by atoms with Gasteiger partial charge in [0, 0.05) is 11.9 Å². The third-order valence-corrected chi connectivity index (χ3v) is 2.08. The zero-order chi connectivity index (χ0) is 9.26. The topological polar surface area (TPSA) is 59.4 Å². The Bertz CT molecular complexity index is 420. The molecule has 1 aromatic carbocycles. The fraction of sp³-hybridized carbons (Fsp3) is 0.200. The van der Waals surface area contributed by atoms with Gasteiger partial charge in [0.05, 0.1) is 0 Å². The summed E-state index contributed by atoms with van der Waals surface area (Å²) < 4.78 is 5.35. The molecule has 0 saturated carbocycles.